The average molecular weight is 781 g/mol. The van der Waals surface area contributed by atoms with Gasteiger partial charge in [0, 0.05) is 0 Å². The Hall–Kier alpha value is -3.63. The van der Waals surface area contributed by atoms with E-state index in [-0.39, 0.29) is 0 Å². The van der Waals surface area contributed by atoms with E-state index in [1.165, 1.54) is 0 Å². The first kappa shape index (κ1) is 35.2. The van der Waals surface area contributed by atoms with Crippen LogP contribution in [0.3, 0.4) is 0 Å². The van der Waals surface area contributed by atoms with Crippen molar-refractivity contribution in [1.82, 2.24) is 29.9 Å². The topological polar surface area (TPSA) is 331 Å². The molecule has 0 spiro atoms. The number of hydrogen-bond donors (Lipinski definition) is 7. The molecule has 28 heteroatoms. The zero-order valence-electron chi connectivity index (χ0n) is 21.4. The summed E-state index contributed by atoms with van der Waals surface area (Å²) in [4.78, 5) is 18.0. The highest BCUT2D eigenvalue weighted by molar-refractivity contribution is 7.87. The molecule has 0 bridgehead atoms. The number of anilines is 6. The summed E-state index contributed by atoms with van der Waals surface area (Å²) in [6, 6.07) is 2.90. The van der Waals surface area contributed by atoms with Crippen LogP contribution in [0.5, 0.6) is 0 Å². The zero-order chi connectivity index (χ0) is 34.4. The summed E-state index contributed by atoms with van der Waals surface area (Å²) in [5.74, 6) is -1.84. The Balaban J connectivity index is 1.86. The molecule has 4 rings (SSSR count). The van der Waals surface area contributed by atoms with E-state index < -0.39 is 111 Å². The maximum Gasteiger partial charge on any atom is 0.296 e. The number of nitrogens with one attached hydrogen (secondary N) is 3. The highest BCUT2D eigenvalue weighted by Crippen LogP contribution is 2.35. The maximum atomic E-state index is 12.2. The van der Waals surface area contributed by atoms with Crippen molar-refractivity contribution in [1.29, 1.82) is 0 Å². The van der Waals surface area contributed by atoms with Crippen molar-refractivity contribution in [3.05, 3.63) is 46.2 Å². The van der Waals surface area contributed by atoms with Crippen LogP contribution in [0, 0.1) is 0 Å². The smallest absolute Gasteiger partial charge is 0.296 e. The predicted octanol–water partition coefficient (Wildman–Crippen LogP) is 2.23. The average Bonchev–Trinajstić information content (AvgIpc) is 2.85. The van der Waals surface area contributed by atoms with E-state index in [4.69, 9.17) is 34.8 Å². The maximum absolute atomic E-state index is 12.2. The Morgan fingerprint density at radius 1 is 0.457 bits per heavy atom. The fourth-order valence-corrected chi connectivity index (χ4v) is 6.42. The summed E-state index contributed by atoms with van der Waals surface area (Å²) in [7, 11) is -20.4. The van der Waals surface area contributed by atoms with Crippen molar-refractivity contribution < 1.29 is 51.9 Å². The van der Waals surface area contributed by atoms with Gasteiger partial charge in [0.25, 0.3) is 40.5 Å². The van der Waals surface area contributed by atoms with Gasteiger partial charge in [-0.3, -0.25) is 18.2 Å². The number of halogens is 3. The molecular weight excluding hydrogens is 769 g/mol. The third kappa shape index (κ3) is 8.59. The van der Waals surface area contributed by atoms with E-state index in [1.54, 1.807) is 0 Å². The van der Waals surface area contributed by atoms with Crippen molar-refractivity contribution in [3.8, 4) is 0 Å². The van der Waals surface area contributed by atoms with E-state index in [9.17, 15) is 51.9 Å². The molecule has 0 amide bonds. The molecule has 4 aromatic rings. The van der Waals surface area contributed by atoms with Gasteiger partial charge in [0.15, 0.2) is 0 Å². The Morgan fingerprint density at radius 3 is 1.22 bits per heavy atom. The van der Waals surface area contributed by atoms with Crippen LogP contribution < -0.4 is 16.0 Å². The van der Waals surface area contributed by atoms with Gasteiger partial charge < -0.3 is 16.0 Å². The largest absolute Gasteiger partial charge is 0.323 e. The van der Waals surface area contributed by atoms with Gasteiger partial charge in [0.2, 0.25) is 33.7 Å². The number of benzene rings is 2. The molecule has 0 saturated heterocycles. The van der Waals surface area contributed by atoms with Crippen molar-refractivity contribution >= 4 is 110 Å². The van der Waals surface area contributed by atoms with Crippen LogP contribution >= 0.6 is 34.8 Å². The summed E-state index contributed by atoms with van der Waals surface area (Å²) in [6.45, 7) is 0. The first-order valence-corrected chi connectivity index (χ1v) is 17.9. The van der Waals surface area contributed by atoms with Crippen LogP contribution in [0.1, 0.15) is 0 Å². The van der Waals surface area contributed by atoms with Crippen molar-refractivity contribution in [2.24, 2.45) is 0 Å². The van der Waals surface area contributed by atoms with Gasteiger partial charge in [-0.25, -0.2) is 0 Å². The molecule has 46 heavy (non-hydrogen) atoms. The molecule has 2 aromatic carbocycles. The van der Waals surface area contributed by atoms with Crippen molar-refractivity contribution in [2.75, 3.05) is 16.0 Å². The van der Waals surface area contributed by atoms with Gasteiger partial charge in [0.05, 0.1) is 22.0 Å². The molecular formula is C18H12Cl3N9O12S4. The molecule has 0 radical (unpaired) electrons. The first-order valence-electron chi connectivity index (χ1n) is 11.0. The summed E-state index contributed by atoms with van der Waals surface area (Å²) < 4.78 is 134. The highest BCUT2D eigenvalue weighted by Gasteiger charge is 2.27. The molecule has 0 saturated carbocycles. The summed E-state index contributed by atoms with van der Waals surface area (Å²) in [5, 5.41) is 5.30. The molecule has 0 unspecified atom stereocenters. The van der Waals surface area contributed by atoms with Gasteiger partial charge >= 0.3 is 0 Å². The Morgan fingerprint density at radius 2 is 0.826 bits per heavy atom. The minimum Gasteiger partial charge on any atom is -0.323 e. The third-order valence-electron chi connectivity index (χ3n) is 5.09. The Labute approximate surface area is 272 Å². The fourth-order valence-electron chi connectivity index (χ4n) is 3.38. The van der Waals surface area contributed by atoms with E-state index in [1.807, 2.05) is 0 Å². The SMILES string of the molecule is O=S(=O)(O)c1ccc(S(=O)(=O)O)c(Nc2nc(Cl)nc(Nc3cc(Nc4nc(Cl)nc(Cl)n4)c(S(=O)(=O)O)cc3S(=O)(=O)O)n2)c1. The van der Waals surface area contributed by atoms with Crippen LogP contribution in [0.2, 0.25) is 15.9 Å². The van der Waals surface area contributed by atoms with E-state index in [0.717, 1.165) is 0 Å². The second-order valence-corrected chi connectivity index (χ2v) is 14.8. The van der Waals surface area contributed by atoms with Crippen LogP contribution in [-0.2, 0) is 40.5 Å². The standard InChI is InChI=1S/C18H12Cl3N9O12S4/c19-13-25-14(20)27-16(26-13)23-8-4-9(12(46(40,41)42)5-11(8)45(37,38)39)24-18-29-15(21)28-17(30-18)22-7-3-6(43(31,32)33)1-2-10(7)44(34,35)36/h1-5H,(H,31,32,33)(H,34,35,36)(H,37,38,39)(H,40,41,42)(H,23,25,26,27)(H2,22,24,28,29,30). The molecule has 246 valence electrons. The number of aromatic nitrogens is 6. The van der Waals surface area contributed by atoms with E-state index in [2.05, 4.69) is 45.9 Å². The van der Waals surface area contributed by atoms with Crippen molar-refractivity contribution in [3.63, 3.8) is 0 Å². The molecule has 2 aromatic heterocycles. The number of nitrogens with zero attached hydrogens (tertiary/aromatic N) is 6. The van der Waals surface area contributed by atoms with Gasteiger partial charge in [-0.1, -0.05) is 0 Å². The van der Waals surface area contributed by atoms with Crippen LogP contribution in [0.4, 0.5) is 34.9 Å². The number of rotatable bonds is 10. The Kier molecular flexibility index (Phi) is 9.59. The lowest BCUT2D eigenvalue weighted by molar-refractivity contribution is 0.479. The molecule has 0 aliphatic rings. The van der Waals surface area contributed by atoms with Gasteiger partial charge in [0.1, 0.15) is 14.7 Å². The minimum absolute atomic E-state index is 0.320. The number of hydrogen-bond acceptors (Lipinski definition) is 17. The molecule has 21 nitrogen and oxygen atoms in total. The lowest BCUT2D eigenvalue weighted by Crippen LogP contribution is -2.12. The third-order valence-corrected chi connectivity index (χ3v) is 9.15. The normalized spacial score (nSPS) is 12.5. The van der Waals surface area contributed by atoms with Crippen molar-refractivity contribution in [2.45, 2.75) is 19.6 Å². The second kappa shape index (κ2) is 12.5. The van der Waals surface area contributed by atoms with Crippen LogP contribution in [-0.4, -0.2) is 81.8 Å². The lowest BCUT2D eigenvalue weighted by atomic mass is 10.2. The molecule has 0 aliphatic heterocycles. The van der Waals surface area contributed by atoms with Crippen LogP contribution in [0.15, 0.2) is 49.9 Å². The highest BCUT2D eigenvalue weighted by atomic mass is 35.5. The van der Waals surface area contributed by atoms with Gasteiger partial charge in [-0.2, -0.15) is 63.6 Å². The summed E-state index contributed by atoms with van der Waals surface area (Å²) in [6.07, 6.45) is 0. The predicted molar refractivity (Wildman–Crippen MR) is 157 cm³/mol. The van der Waals surface area contributed by atoms with Crippen LogP contribution in [0.25, 0.3) is 0 Å². The quantitative estimate of drug-likeness (QED) is 0.113. The van der Waals surface area contributed by atoms with E-state index >= 15 is 0 Å². The molecule has 2 heterocycles. The zero-order valence-corrected chi connectivity index (χ0v) is 26.9. The van der Waals surface area contributed by atoms with E-state index in [0.29, 0.717) is 30.3 Å². The first-order chi connectivity index (χ1) is 21.0. The van der Waals surface area contributed by atoms with Gasteiger partial charge in [-0.05, 0) is 65.1 Å². The fraction of sp³-hybridized carbons (Fsp3) is 0. The monoisotopic (exact) mass is 779 g/mol. The molecule has 0 atom stereocenters. The summed E-state index contributed by atoms with van der Waals surface area (Å²) >= 11 is 17.3. The van der Waals surface area contributed by atoms with Gasteiger partial charge in [-0.15, -0.1) is 0 Å². The molecule has 0 aliphatic carbocycles. The summed E-state index contributed by atoms with van der Waals surface area (Å²) in [5.41, 5.74) is -2.01. The second-order valence-electron chi connectivity index (χ2n) is 8.23. The minimum atomic E-state index is -5.29. The molecule has 0 fully saturated rings. The Bertz CT molecular complexity index is 2330. The molecule has 7 N–H and O–H groups in total. The lowest BCUT2D eigenvalue weighted by Gasteiger charge is -2.16.